The molecule has 6 rings (SSSR count). The van der Waals surface area contributed by atoms with E-state index in [0.717, 1.165) is 12.1 Å². The third-order valence-electron chi connectivity index (χ3n) is 10.4. The number of anilines is 2. The summed E-state index contributed by atoms with van der Waals surface area (Å²) in [5, 5.41) is 15.7. The maximum Gasteiger partial charge on any atom is 0.328 e. The first kappa shape index (κ1) is 47.4. The Bertz CT molecular complexity index is 2720. The molecule has 1 aliphatic heterocycles. The Morgan fingerprint density at radius 1 is 0.812 bits per heavy atom. The topological polar surface area (TPSA) is 194 Å². The summed E-state index contributed by atoms with van der Waals surface area (Å²) in [6.45, 7) is 5.73. The number of nitrogens with zero attached hydrogens (tertiary/aromatic N) is 4. The quantitative estimate of drug-likeness (QED) is 0.0578. The first-order valence-corrected chi connectivity index (χ1v) is 23.3. The fourth-order valence-corrected chi connectivity index (χ4v) is 8.31. The van der Waals surface area contributed by atoms with Gasteiger partial charge in [-0.25, -0.2) is 13.2 Å². The van der Waals surface area contributed by atoms with Gasteiger partial charge in [0.15, 0.2) is 5.75 Å². The summed E-state index contributed by atoms with van der Waals surface area (Å²) in [6.07, 6.45) is 3.67. The van der Waals surface area contributed by atoms with Crippen LogP contribution in [0.3, 0.4) is 0 Å². The number of hydrogen-bond acceptors (Lipinski definition) is 10. The summed E-state index contributed by atoms with van der Waals surface area (Å²) in [4.78, 5) is 50.7. The molecule has 0 saturated carbocycles. The van der Waals surface area contributed by atoms with E-state index < -0.39 is 15.9 Å². The highest BCUT2D eigenvalue weighted by Crippen LogP contribution is 2.36. The van der Waals surface area contributed by atoms with Crippen molar-refractivity contribution in [2.75, 3.05) is 36.0 Å². The minimum absolute atomic E-state index is 0.00419. The average Bonchev–Trinajstić information content (AvgIpc) is 3.74. The molecule has 1 aliphatic rings. The number of nitrogens with one attached hydrogen (secondary N) is 4. The van der Waals surface area contributed by atoms with Gasteiger partial charge in [-0.1, -0.05) is 55.6 Å². The van der Waals surface area contributed by atoms with Crippen molar-refractivity contribution in [2.45, 2.75) is 63.7 Å². The Balaban J connectivity index is 0.939. The largest absolute Gasteiger partial charge is 0.493 e. The number of aryl methyl sites for hydroxylation is 2. The van der Waals surface area contributed by atoms with Crippen molar-refractivity contribution >= 4 is 79.2 Å². The lowest BCUT2D eigenvalue weighted by Crippen LogP contribution is -2.34. The number of hydrogen-bond donors (Lipinski definition) is 4. The number of halogens is 2. The van der Waals surface area contributed by atoms with Crippen LogP contribution in [-0.4, -0.2) is 67.4 Å². The molecule has 2 heterocycles. The zero-order valence-corrected chi connectivity index (χ0v) is 38.4. The van der Waals surface area contributed by atoms with Crippen LogP contribution < -0.4 is 40.8 Å². The van der Waals surface area contributed by atoms with Crippen molar-refractivity contribution in [3.63, 3.8) is 0 Å². The van der Waals surface area contributed by atoms with Crippen molar-refractivity contribution in [2.24, 2.45) is 25.1 Å². The van der Waals surface area contributed by atoms with Crippen molar-refractivity contribution in [1.29, 1.82) is 0 Å². The van der Waals surface area contributed by atoms with E-state index in [-0.39, 0.29) is 51.7 Å². The maximum atomic E-state index is 13.8. The highest BCUT2D eigenvalue weighted by Gasteiger charge is 2.26. The molecule has 19 heteroatoms. The highest BCUT2D eigenvalue weighted by molar-refractivity contribution is 7.92. The summed E-state index contributed by atoms with van der Waals surface area (Å²) in [7, 11) is -1.05. The third kappa shape index (κ3) is 12.1. The predicted octanol–water partition coefficient (Wildman–Crippen LogP) is 7.34. The normalized spacial score (nSPS) is 13.7. The number of amidine groups is 1. The number of benzene rings is 4. The van der Waals surface area contributed by atoms with Crippen molar-refractivity contribution in [3.8, 4) is 17.2 Å². The fourth-order valence-electron chi connectivity index (χ4n) is 6.91. The summed E-state index contributed by atoms with van der Waals surface area (Å²) in [5.41, 5.74) is 1.71. The first-order valence-electron chi connectivity index (χ1n) is 21.0. The number of rotatable bonds is 20. The van der Waals surface area contributed by atoms with Gasteiger partial charge in [0.25, 0.3) is 15.9 Å². The molecule has 0 aliphatic carbocycles. The van der Waals surface area contributed by atoms with Crippen LogP contribution in [0.4, 0.5) is 11.4 Å². The molecule has 3 amide bonds. The van der Waals surface area contributed by atoms with Gasteiger partial charge < -0.3 is 25.4 Å². The lowest BCUT2D eigenvalue weighted by Gasteiger charge is -2.15. The van der Waals surface area contributed by atoms with E-state index in [1.54, 1.807) is 61.6 Å². The van der Waals surface area contributed by atoms with Gasteiger partial charge in [-0.3, -0.25) is 33.2 Å². The van der Waals surface area contributed by atoms with Crippen molar-refractivity contribution in [3.05, 3.63) is 105 Å². The second-order valence-electron chi connectivity index (χ2n) is 15.4. The molecule has 340 valence electrons. The molecular weight excluding hydrogens is 884 g/mol. The van der Waals surface area contributed by atoms with E-state index in [1.165, 1.54) is 39.5 Å². The van der Waals surface area contributed by atoms with Crippen LogP contribution in [0.15, 0.2) is 93.7 Å². The third-order valence-corrected chi connectivity index (χ3v) is 12.5. The van der Waals surface area contributed by atoms with Crippen LogP contribution in [0.5, 0.6) is 17.2 Å². The van der Waals surface area contributed by atoms with Gasteiger partial charge in [0.05, 0.1) is 50.5 Å². The zero-order valence-electron chi connectivity index (χ0n) is 36.1. The minimum atomic E-state index is -4.26. The Morgan fingerprint density at radius 3 is 2.30 bits per heavy atom. The van der Waals surface area contributed by atoms with Crippen molar-refractivity contribution in [1.82, 2.24) is 25.1 Å². The molecule has 4 N–H and O–H groups in total. The number of aromatic nitrogens is 2. The van der Waals surface area contributed by atoms with Crippen LogP contribution >= 0.6 is 23.2 Å². The molecule has 0 bridgehead atoms. The van der Waals surface area contributed by atoms with E-state index in [4.69, 9.17) is 32.7 Å². The SMILES string of the molecule is CCCOc1cccc(Oc2cc3c(cc2NS(=O)(=O)c2cccc(C(=O)NCCCCCC(=O)NCCCC(=O)NC4=NN(c5ccc(Cl)c(Cl)c5)CC4C)c2)n(C)c(=O)n3C)c1. The Morgan fingerprint density at radius 2 is 1.53 bits per heavy atom. The number of amides is 3. The van der Waals surface area contributed by atoms with Gasteiger partial charge >= 0.3 is 5.69 Å². The van der Waals surface area contributed by atoms with E-state index >= 15 is 0 Å². The number of unbranched alkanes of at least 4 members (excludes halogenated alkanes) is 2. The highest BCUT2D eigenvalue weighted by atomic mass is 35.5. The van der Waals surface area contributed by atoms with E-state index in [0.29, 0.717) is 96.8 Å². The zero-order chi connectivity index (χ0) is 46.0. The number of ether oxygens (including phenoxy) is 2. The lowest BCUT2D eigenvalue weighted by atomic mass is 10.1. The number of carbonyl (C=O) groups is 3. The van der Waals surface area contributed by atoms with E-state index in [9.17, 15) is 27.6 Å². The van der Waals surface area contributed by atoms with Crippen LogP contribution in [-0.2, 0) is 33.7 Å². The van der Waals surface area contributed by atoms with Crippen LogP contribution in [0.25, 0.3) is 11.0 Å². The molecule has 64 heavy (non-hydrogen) atoms. The lowest BCUT2D eigenvalue weighted by molar-refractivity contribution is -0.122. The summed E-state index contributed by atoms with van der Waals surface area (Å²) >= 11 is 12.2. The fraction of sp³-hybridized carbons (Fsp3) is 0.356. The molecule has 0 fully saturated rings. The van der Waals surface area contributed by atoms with Gasteiger partial charge in [0.2, 0.25) is 11.8 Å². The molecule has 0 radical (unpaired) electrons. The summed E-state index contributed by atoms with van der Waals surface area (Å²) in [5.74, 6) is 0.938. The van der Waals surface area contributed by atoms with Crippen LogP contribution in [0.1, 0.15) is 69.2 Å². The molecular formula is C45H52Cl2N8O8S. The van der Waals surface area contributed by atoms with E-state index in [1.807, 2.05) is 19.9 Å². The van der Waals surface area contributed by atoms with Gasteiger partial charge in [-0.05, 0) is 80.3 Å². The molecule has 16 nitrogen and oxygen atoms in total. The van der Waals surface area contributed by atoms with Crippen molar-refractivity contribution < 1.29 is 32.3 Å². The van der Waals surface area contributed by atoms with Gasteiger partial charge in [-0.15, -0.1) is 0 Å². The molecule has 5 aromatic rings. The molecule has 1 aromatic heterocycles. The number of hydrazone groups is 1. The molecule has 4 aromatic carbocycles. The predicted molar refractivity (Wildman–Crippen MR) is 249 cm³/mol. The molecule has 1 unspecified atom stereocenters. The monoisotopic (exact) mass is 934 g/mol. The second kappa shape index (κ2) is 21.6. The summed E-state index contributed by atoms with van der Waals surface area (Å²) < 4.78 is 45.1. The van der Waals surface area contributed by atoms with Gasteiger partial charge in [0, 0.05) is 63.6 Å². The number of fused-ring (bicyclic) bond motifs is 1. The number of sulfonamides is 1. The number of imidazole rings is 1. The molecule has 1 atom stereocenters. The second-order valence-corrected chi connectivity index (χ2v) is 17.9. The van der Waals surface area contributed by atoms with Crippen LogP contribution in [0.2, 0.25) is 10.0 Å². The number of carbonyl (C=O) groups excluding carboxylic acids is 3. The smallest absolute Gasteiger partial charge is 0.328 e. The Kier molecular flexibility index (Phi) is 16.0. The van der Waals surface area contributed by atoms with Gasteiger partial charge in [0.1, 0.15) is 17.3 Å². The molecule has 0 saturated heterocycles. The van der Waals surface area contributed by atoms with Crippen LogP contribution in [0, 0.1) is 5.92 Å². The summed E-state index contributed by atoms with van der Waals surface area (Å²) in [6, 6.07) is 21.0. The Labute approximate surface area is 381 Å². The minimum Gasteiger partial charge on any atom is -0.493 e. The maximum absolute atomic E-state index is 13.8. The first-order chi connectivity index (χ1) is 30.6. The molecule has 0 spiro atoms. The van der Waals surface area contributed by atoms with Gasteiger partial charge in [-0.2, -0.15) is 5.10 Å². The standard InChI is InChI=1S/C45H52Cl2N8O8S/c1-5-22-62-32-13-10-14-33(25-32)63-40-27-39-38(53(3)45(59)54(39)4)26-37(40)52-64(60,61)34-15-9-12-30(23-34)44(58)49-20-8-6-7-16-41(56)48-21-11-17-42(57)50-43-29(2)28-55(51-43)31-18-19-35(46)36(47)24-31/h9-10,12-15,18-19,23-27,29,52H,5-8,11,16-17,20-22,28H2,1-4H3,(H,48,56)(H,49,58)(H,50,51,57). The van der Waals surface area contributed by atoms with E-state index in [2.05, 4.69) is 25.8 Å². The average molecular weight is 936 g/mol. The Hall–Kier alpha value is -6.04.